The van der Waals surface area contributed by atoms with Gasteiger partial charge in [0.05, 0.1) is 7.11 Å². The summed E-state index contributed by atoms with van der Waals surface area (Å²) in [6.45, 7) is 0. The lowest BCUT2D eigenvalue weighted by Gasteiger charge is -2.19. The molecule has 0 amide bonds. The average molecular weight is 420 g/mol. The first-order chi connectivity index (χ1) is 10.1. The van der Waals surface area contributed by atoms with Gasteiger partial charge in [-0.05, 0) is 71.5 Å². The predicted molar refractivity (Wildman–Crippen MR) is 92.6 cm³/mol. The highest BCUT2D eigenvalue weighted by Gasteiger charge is 2.17. The molecule has 21 heavy (non-hydrogen) atoms. The maximum atomic E-state index is 14.3. The quantitative estimate of drug-likeness (QED) is 0.716. The Kier molecular flexibility index (Phi) is 5.84. The Bertz CT molecular complexity index is 636. The maximum absolute atomic E-state index is 14.3. The summed E-state index contributed by atoms with van der Waals surface area (Å²) >= 11 is 8.34. The summed E-state index contributed by atoms with van der Waals surface area (Å²) in [7, 11) is 3.33. The summed E-state index contributed by atoms with van der Waals surface area (Å²) in [5, 5.41) is 3.91. The Morgan fingerprint density at radius 1 is 1.33 bits per heavy atom. The molecule has 0 aromatic heterocycles. The van der Waals surface area contributed by atoms with E-state index in [9.17, 15) is 4.39 Å². The molecule has 0 aliphatic carbocycles. The Morgan fingerprint density at radius 2 is 2.10 bits per heavy atom. The van der Waals surface area contributed by atoms with Crippen molar-refractivity contribution < 1.29 is 9.13 Å². The molecule has 2 nitrogen and oxygen atoms in total. The molecule has 0 bridgehead atoms. The molecule has 5 heteroatoms. The summed E-state index contributed by atoms with van der Waals surface area (Å²) < 4.78 is 20.4. The molecule has 2 aromatic carbocycles. The minimum absolute atomic E-state index is 0.0165. The van der Waals surface area contributed by atoms with Crippen molar-refractivity contribution >= 4 is 34.2 Å². The van der Waals surface area contributed by atoms with E-state index in [1.807, 2.05) is 25.2 Å². The van der Waals surface area contributed by atoms with E-state index < -0.39 is 0 Å². The zero-order chi connectivity index (χ0) is 15.4. The predicted octanol–water partition coefficient (Wildman–Crippen LogP) is 4.60. The summed E-state index contributed by atoms with van der Waals surface area (Å²) in [5.74, 6) is -0.0413. The molecule has 0 aliphatic rings. The lowest BCUT2D eigenvalue weighted by atomic mass is 9.98. The van der Waals surface area contributed by atoms with Gasteiger partial charge in [-0.25, -0.2) is 4.39 Å². The largest absolute Gasteiger partial charge is 0.494 e. The smallest absolute Gasteiger partial charge is 0.168 e. The van der Waals surface area contributed by atoms with Crippen molar-refractivity contribution in [1.29, 1.82) is 0 Å². The standard InChI is InChI=1S/C16H16ClFINO/c1-20-14(12-9-11(17)6-7-13(12)19)8-10-4-3-5-15(21-2)16(10)18/h3-7,9,14,20H,8H2,1-2H3. The van der Waals surface area contributed by atoms with E-state index in [1.54, 1.807) is 18.2 Å². The van der Waals surface area contributed by atoms with Crippen LogP contribution in [0.25, 0.3) is 0 Å². The Balaban J connectivity index is 2.33. The van der Waals surface area contributed by atoms with E-state index in [0.717, 1.165) is 9.13 Å². The van der Waals surface area contributed by atoms with Gasteiger partial charge >= 0.3 is 0 Å². The first kappa shape index (κ1) is 16.5. The van der Waals surface area contributed by atoms with E-state index >= 15 is 0 Å². The molecule has 1 atom stereocenters. The molecule has 2 rings (SSSR count). The number of nitrogens with one attached hydrogen (secondary N) is 1. The van der Waals surface area contributed by atoms with Gasteiger partial charge in [0.25, 0.3) is 0 Å². The van der Waals surface area contributed by atoms with Gasteiger partial charge in [-0.3, -0.25) is 0 Å². The second-order valence-corrected chi connectivity index (χ2v) is 6.24. The number of hydrogen-bond acceptors (Lipinski definition) is 2. The highest BCUT2D eigenvalue weighted by atomic mass is 127. The third-order valence-corrected chi connectivity index (χ3v) is 4.59. The number of likely N-dealkylation sites (N-methyl/N-ethyl adjacent to an activating group) is 1. The number of hydrogen-bond donors (Lipinski definition) is 1. The van der Waals surface area contributed by atoms with Gasteiger partial charge in [0.15, 0.2) is 11.6 Å². The van der Waals surface area contributed by atoms with Gasteiger partial charge in [0.1, 0.15) is 0 Å². The van der Waals surface area contributed by atoms with Crippen LogP contribution in [0.15, 0.2) is 36.4 Å². The average Bonchev–Trinajstić information content (AvgIpc) is 2.49. The van der Waals surface area contributed by atoms with Gasteiger partial charge in [-0.15, -0.1) is 0 Å². The van der Waals surface area contributed by atoms with Crippen LogP contribution < -0.4 is 10.1 Å². The minimum Gasteiger partial charge on any atom is -0.494 e. The summed E-state index contributed by atoms with van der Waals surface area (Å²) in [6, 6.07) is 10.9. The van der Waals surface area contributed by atoms with Crippen molar-refractivity contribution in [3.63, 3.8) is 0 Å². The van der Waals surface area contributed by atoms with Crippen molar-refractivity contribution in [3.05, 3.63) is 61.9 Å². The maximum Gasteiger partial charge on any atom is 0.168 e. The molecule has 0 saturated carbocycles. The molecule has 1 N–H and O–H groups in total. The number of ether oxygens (including phenoxy) is 1. The minimum atomic E-state index is -0.308. The molecule has 2 aromatic rings. The second-order valence-electron chi connectivity index (χ2n) is 4.64. The summed E-state index contributed by atoms with van der Waals surface area (Å²) in [5.41, 5.74) is 1.68. The van der Waals surface area contributed by atoms with Crippen LogP contribution in [0.2, 0.25) is 5.02 Å². The second kappa shape index (κ2) is 7.42. The normalized spacial score (nSPS) is 12.2. The van der Waals surface area contributed by atoms with Crippen LogP contribution >= 0.6 is 34.2 Å². The van der Waals surface area contributed by atoms with Crippen LogP contribution in [0, 0.1) is 9.39 Å². The van der Waals surface area contributed by atoms with Crippen molar-refractivity contribution in [2.24, 2.45) is 0 Å². The van der Waals surface area contributed by atoms with Crippen LogP contribution in [0.1, 0.15) is 17.2 Å². The zero-order valence-electron chi connectivity index (χ0n) is 11.8. The SMILES string of the molecule is CNC(Cc1cccc(OC)c1F)c1cc(Cl)ccc1I. The van der Waals surface area contributed by atoms with Gasteiger partial charge in [-0.1, -0.05) is 23.7 Å². The third kappa shape index (κ3) is 3.87. The van der Waals surface area contributed by atoms with Crippen molar-refractivity contribution in [2.75, 3.05) is 14.2 Å². The van der Waals surface area contributed by atoms with E-state index in [-0.39, 0.29) is 17.6 Å². The zero-order valence-corrected chi connectivity index (χ0v) is 14.7. The highest BCUT2D eigenvalue weighted by Crippen LogP contribution is 2.29. The Labute approximate surface area is 142 Å². The first-order valence-corrected chi connectivity index (χ1v) is 7.96. The fraction of sp³-hybridized carbons (Fsp3) is 0.250. The van der Waals surface area contributed by atoms with Crippen molar-refractivity contribution in [3.8, 4) is 5.75 Å². The van der Waals surface area contributed by atoms with Gasteiger partial charge in [0, 0.05) is 14.6 Å². The van der Waals surface area contributed by atoms with E-state index in [2.05, 4.69) is 27.9 Å². The van der Waals surface area contributed by atoms with E-state index in [0.29, 0.717) is 17.0 Å². The van der Waals surface area contributed by atoms with E-state index in [4.69, 9.17) is 16.3 Å². The van der Waals surface area contributed by atoms with Crippen LogP contribution in [0.4, 0.5) is 4.39 Å². The number of halogens is 3. The molecular weight excluding hydrogens is 404 g/mol. The number of methoxy groups -OCH3 is 1. The number of rotatable bonds is 5. The van der Waals surface area contributed by atoms with Crippen LogP contribution in [0.3, 0.4) is 0 Å². The molecule has 0 spiro atoms. The Hall–Kier alpha value is -0.850. The third-order valence-electron chi connectivity index (χ3n) is 3.37. The molecule has 112 valence electrons. The van der Waals surface area contributed by atoms with Gasteiger partial charge in [0.2, 0.25) is 0 Å². The fourth-order valence-corrected chi connectivity index (χ4v) is 3.13. The number of benzene rings is 2. The molecular formula is C16H16ClFINO. The van der Waals surface area contributed by atoms with Crippen LogP contribution in [-0.2, 0) is 6.42 Å². The summed E-state index contributed by atoms with van der Waals surface area (Å²) in [6.07, 6.45) is 0.524. The van der Waals surface area contributed by atoms with Gasteiger partial charge < -0.3 is 10.1 Å². The lowest BCUT2D eigenvalue weighted by molar-refractivity contribution is 0.383. The molecule has 0 saturated heterocycles. The lowest BCUT2D eigenvalue weighted by Crippen LogP contribution is -2.20. The monoisotopic (exact) mass is 419 g/mol. The molecule has 0 aliphatic heterocycles. The van der Waals surface area contributed by atoms with E-state index in [1.165, 1.54) is 7.11 Å². The van der Waals surface area contributed by atoms with Crippen molar-refractivity contribution in [2.45, 2.75) is 12.5 Å². The molecule has 0 heterocycles. The molecule has 0 radical (unpaired) electrons. The molecule has 1 unspecified atom stereocenters. The fourth-order valence-electron chi connectivity index (χ4n) is 2.24. The summed E-state index contributed by atoms with van der Waals surface area (Å²) in [4.78, 5) is 0. The first-order valence-electron chi connectivity index (χ1n) is 6.50. The van der Waals surface area contributed by atoms with Crippen LogP contribution in [-0.4, -0.2) is 14.2 Å². The van der Waals surface area contributed by atoms with Crippen molar-refractivity contribution in [1.82, 2.24) is 5.32 Å². The van der Waals surface area contributed by atoms with Crippen LogP contribution in [0.5, 0.6) is 5.75 Å². The molecule has 0 fully saturated rings. The highest BCUT2D eigenvalue weighted by molar-refractivity contribution is 14.1. The Morgan fingerprint density at radius 3 is 2.76 bits per heavy atom. The van der Waals surface area contributed by atoms with Gasteiger partial charge in [-0.2, -0.15) is 0 Å². The topological polar surface area (TPSA) is 21.3 Å².